The van der Waals surface area contributed by atoms with Crippen LogP contribution in [0.3, 0.4) is 0 Å². The summed E-state index contributed by atoms with van der Waals surface area (Å²) >= 11 is 0. The highest BCUT2D eigenvalue weighted by Gasteiger charge is 2.13. The third-order valence-electron chi connectivity index (χ3n) is 2.07. The first-order valence-corrected chi connectivity index (χ1v) is 6.20. The lowest BCUT2D eigenvalue weighted by Gasteiger charge is -2.07. The number of nitrogens with one attached hydrogen (secondary N) is 1. The lowest BCUT2D eigenvalue weighted by molar-refractivity contribution is 0.586. The van der Waals surface area contributed by atoms with Gasteiger partial charge >= 0.3 is 0 Å². The Balaban J connectivity index is 3.08. The van der Waals surface area contributed by atoms with E-state index in [9.17, 15) is 8.42 Å². The topological polar surface area (TPSA) is 85.1 Å². The molecule has 1 aromatic rings. The fourth-order valence-corrected chi connectivity index (χ4v) is 1.96. The third-order valence-corrected chi connectivity index (χ3v) is 3.34. The lowest BCUT2D eigenvalue weighted by atomic mass is 10.2. The average Bonchev–Trinajstić information content (AvgIpc) is 2.18. The van der Waals surface area contributed by atoms with Gasteiger partial charge in [0.25, 0.3) is 0 Å². The number of sulfonamides is 1. The lowest BCUT2D eigenvalue weighted by Crippen LogP contribution is -2.22. The minimum atomic E-state index is -3.29. The van der Waals surface area contributed by atoms with Gasteiger partial charge in [0.2, 0.25) is 10.0 Å². The number of hydrogen-bond acceptors (Lipinski definition) is 4. The van der Waals surface area contributed by atoms with Crippen LogP contribution in [0.25, 0.3) is 0 Å². The monoisotopic (exact) mass is 229 g/mol. The number of nitrogens with two attached hydrogens (primary N) is 1. The van der Waals surface area contributed by atoms with Gasteiger partial charge in [0.15, 0.2) is 0 Å². The Morgan fingerprint density at radius 3 is 2.67 bits per heavy atom. The van der Waals surface area contributed by atoms with E-state index in [-0.39, 0.29) is 5.75 Å². The van der Waals surface area contributed by atoms with Crippen LogP contribution in [-0.2, 0) is 22.3 Å². The summed E-state index contributed by atoms with van der Waals surface area (Å²) in [6, 6.07) is 3.63. The van der Waals surface area contributed by atoms with Gasteiger partial charge in [0, 0.05) is 12.2 Å². The van der Waals surface area contributed by atoms with Crippen molar-refractivity contribution in [1.29, 1.82) is 0 Å². The molecule has 0 aromatic carbocycles. The summed E-state index contributed by atoms with van der Waals surface area (Å²) in [5.74, 6) is -0.127. The van der Waals surface area contributed by atoms with Gasteiger partial charge in [-0.25, -0.2) is 13.1 Å². The second kappa shape index (κ2) is 4.69. The van der Waals surface area contributed by atoms with E-state index in [0.29, 0.717) is 12.2 Å². The summed E-state index contributed by atoms with van der Waals surface area (Å²) in [7, 11) is -1.91. The van der Waals surface area contributed by atoms with Crippen molar-refractivity contribution < 1.29 is 8.42 Å². The molecule has 3 N–H and O–H groups in total. The highest BCUT2D eigenvalue weighted by molar-refractivity contribution is 7.88. The molecular weight excluding hydrogens is 214 g/mol. The number of aryl methyl sites for hydroxylation is 1. The van der Waals surface area contributed by atoms with Crippen molar-refractivity contribution in [1.82, 2.24) is 9.71 Å². The minimum Gasteiger partial charge on any atom is -0.326 e. The molecule has 0 spiro atoms. The molecule has 15 heavy (non-hydrogen) atoms. The zero-order valence-corrected chi connectivity index (χ0v) is 9.63. The van der Waals surface area contributed by atoms with Gasteiger partial charge in [-0.15, -0.1) is 0 Å². The van der Waals surface area contributed by atoms with E-state index < -0.39 is 10.0 Å². The average molecular weight is 229 g/mol. The predicted octanol–water partition coefficient (Wildman–Crippen LogP) is -0.102. The fraction of sp³-hybridized carbons (Fsp3) is 0.444. The van der Waals surface area contributed by atoms with Crippen LogP contribution in [0.5, 0.6) is 0 Å². The Morgan fingerprint density at radius 1 is 1.47 bits per heavy atom. The quantitative estimate of drug-likeness (QED) is 0.755. The smallest absolute Gasteiger partial charge is 0.217 e. The van der Waals surface area contributed by atoms with Crippen molar-refractivity contribution in [2.45, 2.75) is 19.2 Å². The Labute approximate surface area is 89.8 Å². The summed E-state index contributed by atoms with van der Waals surface area (Å²) in [6.45, 7) is 2.11. The number of aromatic nitrogens is 1. The maximum Gasteiger partial charge on any atom is 0.217 e. The van der Waals surface area contributed by atoms with Crippen LogP contribution in [0, 0.1) is 6.92 Å². The molecule has 0 aliphatic carbocycles. The Hall–Kier alpha value is -0.980. The molecule has 0 unspecified atom stereocenters. The van der Waals surface area contributed by atoms with Crippen LogP contribution in [0.15, 0.2) is 12.1 Å². The number of pyridine rings is 1. The van der Waals surface area contributed by atoms with Gasteiger partial charge in [-0.2, -0.15) is 0 Å². The number of hydrogen-bond donors (Lipinski definition) is 2. The van der Waals surface area contributed by atoms with Crippen molar-refractivity contribution in [3.05, 3.63) is 29.1 Å². The maximum atomic E-state index is 11.4. The molecule has 0 saturated heterocycles. The fourth-order valence-electron chi connectivity index (χ4n) is 1.20. The second-order valence-corrected chi connectivity index (χ2v) is 5.15. The van der Waals surface area contributed by atoms with Crippen LogP contribution in [0.1, 0.15) is 17.0 Å². The van der Waals surface area contributed by atoms with Crippen LogP contribution in [-0.4, -0.2) is 20.4 Å². The molecule has 0 amide bonds. The summed E-state index contributed by atoms with van der Waals surface area (Å²) in [6.07, 6.45) is 0. The molecule has 6 heteroatoms. The van der Waals surface area contributed by atoms with Gasteiger partial charge in [-0.3, -0.25) is 4.98 Å². The van der Waals surface area contributed by atoms with Crippen molar-refractivity contribution >= 4 is 10.0 Å². The molecule has 0 saturated carbocycles. The molecule has 1 aromatic heterocycles. The van der Waals surface area contributed by atoms with Crippen molar-refractivity contribution in [2.75, 3.05) is 7.05 Å². The number of nitrogens with zero attached hydrogens (tertiary/aromatic N) is 1. The highest BCUT2D eigenvalue weighted by Crippen LogP contribution is 2.10. The van der Waals surface area contributed by atoms with E-state index in [2.05, 4.69) is 9.71 Å². The van der Waals surface area contributed by atoms with Crippen LogP contribution >= 0.6 is 0 Å². The molecule has 1 heterocycles. The molecule has 0 aliphatic rings. The van der Waals surface area contributed by atoms with Gasteiger partial charge in [-0.1, -0.05) is 6.07 Å². The summed E-state index contributed by atoms with van der Waals surface area (Å²) < 4.78 is 25.0. The maximum absolute atomic E-state index is 11.4. The molecule has 5 nitrogen and oxygen atoms in total. The largest absolute Gasteiger partial charge is 0.326 e. The van der Waals surface area contributed by atoms with E-state index in [1.807, 2.05) is 19.1 Å². The molecule has 1 rings (SSSR count). The van der Waals surface area contributed by atoms with Gasteiger partial charge < -0.3 is 5.73 Å². The van der Waals surface area contributed by atoms with Gasteiger partial charge in [0.1, 0.15) is 5.75 Å². The first-order valence-electron chi connectivity index (χ1n) is 4.55. The standard InChI is InChI=1S/C9H15N3O2S/c1-7-3-4-8(5-10)9(12-7)6-15(13,14)11-2/h3-4,11H,5-6,10H2,1-2H3. The SMILES string of the molecule is CNS(=O)(=O)Cc1nc(C)ccc1CN. The second-order valence-electron chi connectivity index (χ2n) is 3.23. The van der Waals surface area contributed by atoms with E-state index in [0.717, 1.165) is 11.3 Å². The van der Waals surface area contributed by atoms with E-state index in [1.54, 1.807) is 0 Å². The van der Waals surface area contributed by atoms with Crippen molar-refractivity contribution in [3.8, 4) is 0 Å². The molecule has 0 bridgehead atoms. The number of rotatable bonds is 4. The molecule has 0 fully saturated rings. The first kappa shape index (κ1) is 12.1. The van der Waals surface area contributed by atoms with Gasteiger partial charge in [0.05, 0.1) is 5.69 Å². The van der Waals surface area contributed by atoms with Crippen LogP contribution in [0.4, 0.5) is 0 Å². The Morgan fingerprint density at radius 2 is 2.13 bits per heavy atom. The van der Waals surface area contributed by atoms with Crippen LogP contribution < -0.4 is 10.5 Å². The summed E-state index contributed by atoms with van der Waals surface area (Å²) in [4.78, 5) is 4.18. The predicted molar refractivity (Wildman–Crippen MR) is 58.5 cm³/mol. The normalized spacial score (nSPS) is 11.7. The van der Waals surface area contributed by atoms with E-state index >= 15 is 0 Å². The summed E-state index contributed by atoms with van der Waals surface area (Å²) in [5, 5.41) is 0. The third kappa shape index (κ3) is 3.26. The van der Waals surface area contributed by atoms with Crippen molar-refractivity contribution in [2.24, 2.45) is 5.73 Å². The van der Waals surface area contributed by atoms with Crippen LogP contribution in [0.2, 0.25) is 0 Å². The van der Waals surface area contributed by atoms with E-state index in [1.165, 1.54) is 7.05 Å². The molecular formula is C9H15N3O2S. The minimum absolute atomic E-state index is 0.127. The molecule has 0 aliphatic heterocycles. The first-order chi connectivity index (χ1) is 6.98. The Bertz CT molecular complexity index is 443. The zero-order chi connectivity index (χ0) is 11.5. The molecule has 0 radical (unpaired) electrons. The van der Waals surface area contributed by atoms with E-state index in [4.69, 9.17) is 5.73 Å². The van der Waals surface area contributed by atoms with Gasteiger partial charge in [-0.05, 0) is 25.6 Å². The highest BCUT2D eigenvalue weighted by atomic mass is 32.2. The molecule has 84 valence electrons. The molecule has 0 atom stereocenters. The Kier molecular flexibility index (Phi) is 3.78. The summed E-state index contributed by atoms with van der Waals surface area (Å²) in [5.41, 5.74) is 7.58. The zero-order valence-electron chi connectivity index (χ0n) is 8.82. The van der Waals surface area contributed by atoms with Crippen molar-refractivity contribution in [3.63, 3.8) is 0 Å².